The van der Waals surface area contributed by atoms with E-state index in [0.717, 1.165) is 32.3 Å². The molecular weight excluding hydrogens is 234 g/mol. The molecule has 5 heteroatoms. The third kappa shape index (κ3) is 3.02. The molecule has 0 spiro atoms. The molecule has 18 heavy (non-hydrogen) atoms. The van der Waals surface area contributed by atoms with Crippen molar-refractivity contribution < 1.29 is 19.4 Å². The van der Waals surface area contributed by atoms with Gasteiger partial charge in [0.05, 0.1) is 6.10 Å². The molecule has 1 heterocycles. The minimum absolute atomic E-state index is 0.161. The van der Waals surface area contributed by atoms with Crippen LogP contribution in [0.5, 0.6) is 0 Å². The molecule has 0 aromatic rings. The zero-order chi connectivity index (χ0) is 13.0. The van der Waals surface area contributed by atoms with Crippen LogP contribution in [0.15, 0.2) is 0 Å². The summed E-state index contributed by atoms with van der Waals surface area (Å²) in [5.74, 6) is -1.07. The van der Waals surface area contributed by atoms with E-state index < -0.39 is 11.5 Å². The van der Waals surface area contributed by atoms with Crippen LogP contribution in [0, 0.1) is 0 Å². The number of aliphatic carboxylic acids is 1. The van der Waals surface area contributed by atoms with Crippen LogP contribution < -0.4 is 5.32 Å². The molecule has 0 aromatic carbocycles. The number of carbonyl (C=O) groups excluding carboxylic acids is 1. The number of carboxylic acid groups (broad SMARTS) is 1. The first-order valence-electron chi connectivity index (χ1n) is 6.78. The summed E-state index contributed by atoms with van der Waals surface area (Å²) in [4.78, 5) is 22.9. The smallest absolute Gasteiger partial charge is 0.329 e. The summed E-state index contributed by atoms with van der Waals surface area (Å²) in [7, 11) is 0. The first-order valence-corrected chi connectivity index (χ1v) is 6.78. The summed E-state index contributed by atoms with van der Waals surface area (Å²) in [6.45, 7) is 0.783. The molecule has 2 fully saturated rings. The molecule has 1 saturated heterocycles. The highest BCUT2D eigenvalue weighted by molar-refractivity contribution is 5.87. The van der Waals surface area contributed by atoms with Crippen molar-refractivity contribution in [3.63, 3.8) is 0 Å². The monoisotopic (exact) mass is 255 g/mol. The Hall–Kier alpha value is -1.10. The molecule has 0 bridgehead atoms. The normalized spacial score (nSPS) is 26.1. The van der Waals surface area contributed by atoms with Crippen LogP contribution in [0.1, 0.15) is 51.4 Å². The zero-order valence-electron chi connectivity index (χ0n) is 10.6. The number of carbonyl (C=O) groups is 2. The van der Waals surface area contributed by atoms with Crippen LogP contribution in [-0.4, -0.2) is 35.2 Å². The van der Waals surface area contributed by atoms with Gasteiger partial charge in [-0.15, -0.1) is 0 Å². The lowest BCUT2D eigenvalue weighted by Crippen LogP contribution is -2.59. The van der Waals surface area contributed by atoms with Gasteiger partial charge in [-0.25, -0.2) is 4.79 Å². The number of amides is 1. The van der Waals surface area contributed by atoms with Gasteiger partial charge in [0.25, 0.3) is 0 Å². The molecule has 5 nitrogen and oxygen atoms in total. The molecule has 1 aliphatic carbocycles. The molecule has 0 radical (unpaired) electrons. The molecule has 2 N–H and O–H groups in total. The highest BCUT2D eigenvalue weighted by atomic mass is 16.5. The zero-order valence-corrected chi connectivity index (χ0v) is 10.6. The molecular formula is C13H21NO4. The van der Waals surface area contributed by atoms with Crippen molar-refractivity contribution in [2.75, 3.05) is 6.61 Å². The third-order valence-electron chi connectivity index (χ3n) is 3.96. The van der Waals surface area contributed by atoms with Gasteiger partial charge in [-0.2, -0.15) is 0 Å². The van der Waals surface area contributed by atoms with Crippen molar-refractivity contribution in [2.24, 2.45) is 0 Å². The Morgan fingerprint density at radius 2 is 2.06 bits per heavy atom. The van der Waals surface area contributed by atoms with Crippen molar-refractivity contribution in [3.05, 3.63) is 0 Å². The Morgan fingerprint density at radius 3 is 2.56 bits per heavy atom. The molecule has 1 saturated carbocycles. The van der Waals surface area contributed by atoms with Crippen LogP contribution in [0.25, 0.3) is 0 Å². The van der Waals surface area contributed by atoms with Crippen molar-refractivity contribution >= 4 is 11.9 Å². The molecule has 2 aliphatic rings. The maximum Gasteiger partial charge on any atom is 0.329 e. The van der Waals surface area contributed by atoms with E-state index in [1.165, 1.54) is 0 Å². The van der Waals surface area contributed by atoms with Gasteiger partial charge in [-0.1, -0.05) is 0 Å². The third-order valence-corrected chi connectivity index (χ3v) is 3.96. The summed E-state index contributed by atoms with van der Waals surface area (Å²) in [5.41, 5.74) is -0.982. The van der Waals surface area contributed by atoms with Gasteiger partial charge in [-0.05, 0) is 44.9 Å². The SMILES string of the molecule is O=C(CCC1CCCCO1)NC1(C(=O)O)CCC1. The Kier molecular flexibility index (Phi) is 4.22. The Bertz CT molecular complexity index is 319. The first-order chi connectivity index (χ1) is 8.62. The highest BCUT2D eigenvalue weighted by Gasteiger charge is 2.45. The molecule has 0 aromatic heterocycles. The van der Waals surface area contributed by atoms with E-state index in [4.69, 9.17) is 9.84 Å². The maximum absolute atomic E-state index is 11.8. The molecule has 1 unspecified atom stereocenters. The molecule has 2 rings (SSSR count). The second kappa shape index (κ2) is 5.69. The molecule has 1 amide bonds. The van der Waals surface area contributed by atoms with Gasteiger partial charge in [0.2, 0.25) is 5.91 Å². The van der Waals surface area contributed by atoms with Crippen molar-refractivity contribution in [1.29, 1.82) is 0 Å². The van der Waals surface area contributed by atoms with Gasteiger partial charge in [0.1, 0.15) is 5.54 Å². The van der Waals surface area contributed by atoms with Crippen LogP contribution in [0.2, 0.25) is 0 Å². The molecule has 102 valence electrons. The fraction of sp³-hybridized carbons (Fsp3) is 0.846. The summed E-state index contributed by atoms with van der Waals surface area (Å²) in [5, 5.41) is 11.8. The van der Waals surface area contributed by atoms with Gasteiger partial charge in [0.15, 0.2) is 0 Å². The molecule has 1 atom stereocenters. The van der Waals surface area contributed by atoms with Crippen molar-refractivity contribution in [2.45, 2.75) is 63.0 Å². The van der Waals surface area contributed by atoms with E-state index >= 15 is 0 Å². The van der Waals surface area contributed by atoms with Crippen LogP contribution in [-0.2, 0) is 14.3 Å². The summed E-state index contributed by atoms with van der Waals surface area (Å²) in [6.07, 6.45) is 6.47. The average molecular weight is 255 g/mol. The van der Waals surface area contributed by atoms with E-state index in [2.05, 4.69) is 5.32 Å². The lowest BCUT2D eigenvalue weighted by molar-refractivity contribution is -0.151. The average Bonchev–Trinajstić information content (AvgIpc) is 2.32. The van der Waals surface area contributed by atoms with E-state index in [0.29, 0.717) is 25.7 Å². The Labute approximate surface area is 107 Å². The maximum atomic E-state index is 11.8. The molecule has 1 aliphatic heterocycles. The van der Waals surface area contributed by atoms with E-state index in [9.17, 15) is 9.59 Å². The lowest BCUT2D eigenvalue weighted by atomic mass is 9.76. The Balaban J connectivity index is 1.73. The number of hydrogen-bond donors (Lipinski definition) is 2. The first kappa shape index (κ1) is 13.3. The summed E-state index contributed by atoms with van der Waals surface area (Å²) >= 11 is 0. The van der Waals surface area contributed by atoms with Gasteiger partial charge < -0.3 is 15.2 Å². The van der Waals surface area contributed by atoms with Crippen LogP contribution in [0.3, 0.4) is 0 Å². The van der Waals surface area contributed by atoms with E-state index in [1.807, 2.05) is 0 Å². The topological polar surface area (TPSA) is 75.6 Å². The fourth-order valence-electron chi connectivity index (χ4n) is 2.58. The van der Waals surface area contributed by atoms with Gasteiger partial charge in [0, 0.05) is 13.0 Å². The Morgan fingerprint density at radius 1 is 1.28 bits per heavy atom. The number of ether oxygens (including phenoxy) is 1. The quantitative estimate of drug-likeness (QED) is 0.779. The van der Waals surface area contributed by atoms with E-state index in [-0.39, 0.29) is 12.0 Å². The van der Waals surface area contributed by atoms with Crippen molar-refractivity contribution in [1.82, 2.24) is 5.32 Å². The van der Waals surface area contributed by atoms with E-state index in [1.54, 1.807) is 0 Å². The summed E-state index contributed by atoms with van der Waals surface area (Å²) < 4.78 is 5.55. The minimum Gasteiger partial charge on any atom is -0.480 e. The number of hydrogen-bond acceptors (Lipinski definition) is 3. The predicted molar refractivity (Wildman–Crippen MR) is 65.2 cm³/mol. The highest BCUT2D eigenvalue weighted by Crippen LogP contribution is 2.32. The standard InChI is InChI=1S/C13H21NO4/c15-11(6-5-10-4-1-2-9-18-10)14-13(12(16)17)7-3-8-13/h10H,1-9H2,(H,14,15)(H,16,17). The second-order valence-corrected chi connectivity index (χ2v) is 5.32. The fourth-order valence-corrected chi connectivity index (χ4v) is 2.58. The van der Waals surface area contributed by atoms with Gasteiger partial charge >= 0.3 is 5.97 Å². The van der Waals surface area contributed by atoms with Crippen LogP contribution in [0.4, 0.5) is 0 Å². The van der Waals surface area contributed by atoms with Crippen LogP contribution >= 0.6 is 0 Å². The number of nitrogens with one attached hydrogen (secondary N) is 1. The van der Waals surface area contributed by atoms with Gasteiger partial charge in [-0.3, -0.25) is 4.79 Å². The number of carboxylic acids is 1. The minimum atomic E-state index is -0.982. The van der Waals surface area contributed by atoms with Crippen molar-refractivity contribution in [3.8, 4) is 0 Å². The second-order valence-electron chi connectivity index (χ2n) is 5.32. The largest absolute Gasteiger partial charge is 0.480 e. The predicted octanol–water partition coefficient (Wildman–Crippen LogP) is 1.46. The summed E-state index contributed by atoms with van der Waals surface area (Å²) in [6, 6.07) is 0. The lowest BCUT2D eigenvalue weighted by Gasteiger charge is -2.38. The number of rotatable bonds is 5.